The molecule has 1 atom stereocenters. The number of amides is 3. The molecule has 4 aromatic rings. The first-order valence-corrected chi connectivity index (χ1v) is 19.5. The molecule has 4 aliphatic heterocycles. The Morgan fingerprint density at radius 1 is 0.759 bits per heavy atom. The lowest BCUT2D eigenvalue weighted by Crippen LogP contribution is -2.52. The molecule has 3 saturated heterocycles. The van der Waals surface area contributed by atoms with E-state index in [2.05, 4.69) is 86.8 Å². The molecule has 0 bridgehead atoms. The van der Waals surface area contributed by atoms with E-state index in [0.29, 0.717) is 30.2 Å². The highest BCUT2D eigenvalue weighted by atomic mass is 16.3. The van der Waals surface area contributed by atoms with E-state index in [9.17, 15) is 19.5 Å². The van der Waals surface area contributed by atoms with Crippen LogP contribution in [0.1, 0.15) is 64.7 Å². The fourth-order valence-corrected chi connectivity index (χ4v) is 8.56. The molecule has 54 heavy (non-hydrogen) atoms. The SMILES string of the molecule is O=C1CC[C@H](N2Cc3cc(N4CCN(CC5CCN(c6ccc(C=C(CCc7ccc(O)cc7)c7ccccc7)cc6)CC5)CC4)ccc3C2=O)C(=O)N1. The number of nitrogens with zero attached hydrogens (tertiary/aromatic N) is 4. The smallest absolute Gasteiger partial charge is 0.255 e. The molecule has 0 aliphatic carbocycles. The number of carbonyl (C=O) groups is 3. The lowest BCUT2D eigenvalue weighted by atomic mass is 9.95. The van der Waals surface area contributed by atoms with Gasteiger partial charge in [0.15, 0.2) is 0 Å². The number of imide groups is 1. The summed E-state index contributed by atoms with van der Waals surface area (Å²) in [5.41, 5.74) is 9.02. The monoisotopic (exact) mass is 723 g/mol. The van der Waals surface area contributed by atoms with Crippen LogP contribution in [0, 0.1) is 5.92 Å². The minimum absolute atomic E-state index is 0.122. The van der Waals surface area contributed by atoms with Gasteiger partial charge in [0.2, 0.25) is 11.8 Å². The van der Waals surface area contributed by atoms with Crippen molar-refractivity contribution in [3.8, 4) is 5.75 Å². The number of allylic oxidation sites excluding steroid dienone is 1. The van der Waals surface area contributed by atoms with Gasteiger partial charge in [0, 0.05) is 75.7 Å². The summed E-state index contributed by atoms with van der Waals surface area (Å²) in [7, 11) is 0. The molecular weight excluding hydrogens is 675 g/mol. The van der Waals surface area contributed by atoms with Gasteiger partial charge in [-0.2, -0.15) is 0 Å². The average molecular weight is 724 g/mol. The van der Waals surface area contributed by atoms with Crippen molar-refractivity contribution in [2.24, 2.45) is 5.92 Å². The summed E-state index contributed by atoms with van der Waals surface area (Å²) in [6, 6.07) is 32.7. The molecule has 4 aromatic carbocycles. The number of piperazine rings is 1. The van der Waals surface area contributed by atoms with E-state index in [4.69, 9.17) is 0 Å². The summed E-state index contributed by atoms with van der Waals surface area (Å²) >= 11 is 0. The zero-order chi connectivity index (χ0) is 37.0. The van der Waals surface area contributed by atoms with Crippen molar-refractivity contribution in [2.75, 3.05) is 55.6 Å². The van der Waals surface area contributed by atoms with Crippen molar-refractivity contribution >= 4 is 40.7 Å². The maximum Gasteiger partial charge on any atom is 0.255 e. The van der Waals surface area contributed by atoms with Crippen LogP contribution >= 0.6 is 0 Å². The molecule has 0 unspecified atom stereocenters. The Hall–Kier alpha value is -5.41. The molecule has 4 heterocycles. The standard InChI is InChI=1S/C45H49N5O4/c51-40-15-9-32(10-16-40)6-11-36(35-4-2-1-3-5-35)28-33-7-12-38(13-8-33)48-22-20-34(21-23-48)30-47-24-26-49(27-25-47)39-14-17-41-37(29-39)31-50(45(41)54)42-18-19-43(52)46-44(42)53/h1-5,7-10,12-17,28-29,34,42,51H,6,11,18-27,30-31H2,(H,46,52,53)/t42-/m0/s1. The van der Waals surface area contributed by atoms with Crippen LogP contribution in [0.3, 0.4) is 0 Å². The van der Waals surface area contributed by atoms with Crippen molar-refractivity contribution in [3.63, 3.8) is 0 Å². The molecule has 0 spiro atoms. The third-order valence-corrected chi connectivity index (χ3v) is 11.7. The quantitative estimate of drug-likeness (QED) is 0.145. The third-order valence-electron chi connectivity index (χ3n) is 11.7. The summed E-state index contributed by atoms with van der Waals surface area (Å²) < 4.78 is 0. The lowest BCUT2D eigenvalue weighted by Gasteiger charge is -2.40. The van der Waals surface area contributed by atoms with Crippen molar-refractivity contribution in [3.05, 3.63) is 125 Å². The van der Waals surface area contributed by atoms with Gasteiger partial charge in [-0.15, -0.1) is 0 Å². The molecule has 0 radical (unpaired) electrons. The summed E-state index contributed by atoms with van der Waals surface area (Å²) in [5.74, 6) is 0.235. The minimum Gasteiger partial charge on any atom is -0.508 e. The van der Waals surface area contributed by atoms with E-state index < -0.39 is 6.04 Å². The minimum atomic E-state index is -0.585. The summed E-state index contributed by atoms with van der Waals surface area (Å²) in [5, 5.41) is 12.1. The van der Waals surface area contributed by atoms with E-state index >= 15 is 0 Å². The highest BCUT2D eigenvalue weighted by molar-refractivity contribution is 6.05. The van der Waals surface area contributed by atoms with Gasteiger partial charge in [-0.1, -0.05) is 60.7 Å². The molecule has 278 valence electrons. The normalized spacial score (nSPS) is 20.0. The molecule has 8 rings (SSSR count). The van der Waals surface area contributed by atoms with Gasteiger partial charge in [-0.3, -0.25) is 24.6 Å². The van der Waals surface area contributed by atoms with Crippen LogP contribution in [0.5, 0.6) is 5.75 Å². The first kappa shape index (κ1) is 35.6. The number of nitrogens with one attached hydrogen (secondary N) is 1. The van der Waals surface area contributed by atoms with Gasteiger partial charge in [0.1, 0.15) is 11.8 Å². The van der Waals surface area contributed by atoms with Crippen molar-refractivity contribution in [2.45, 2.75) is 51.1 Å². The maximum atomic E-state index is 13.1. The van der Waals surface area contributed by atoms with E-state index in [1.165, 1.54) is 40.8 Å². The first-order valence-electron chi connectivity index (χ1n) is 19.5. The second kappa shape index (κ2) is 15.9. The van der Waals surface area contributed by atoms with Crippen LogP contribution in [0.25, 0.3) is 11.6 Å². The van der Waals surface area contributed by atoms with E-state index in [1.807, 2.05) is 24.3 Å². The molecule has 0 aromatic heterocycles. The maximum absolute atomic E-state index is 13.1. The number of anilines is 2. The number of aromatic hydroxyl groups is 1. The fourth-order valence-electron chi connectivity index (χ4n) is 8.56. The number of rotatable bonds is 10. The highest BCUT2D eigenvalue weighted by Gasteiger charge is 2.39. The zero-order valence-electron chi connectivity index (χ0n) is 30.8. The number of carbonyl (C=O) groups excluding carboxylic acids is 3. The van der Waals surface area contributed by atoms with Gasteiger partial charge in [0.25, 0.3) is 5.91 Å². The largest absolute Gasteiger partial charge is 0.508 e. The Balaban J connectivity index is 0.809. The van der Waals surface area contributed by atoms with Gasteiger partial charge in [-0.05, 0) is 108 Å². The Morgan fingerprint density at radius 3 is 2.19 bits per heavy atom. The van der Waals surface area contributed by atoms with Gasteiger partial charge in [0.05, 0.1) is 0 Å². The number of aryl methyl sites for hydroxylation is 1. The second-order valence-electron chi connectivity index (χ2n) is 15.3. The fraction of sp³-hybridized carbons (Fsp3) is 0.356. The number of phenolic OH excluding ortho intramolecular Hbond substituents is 1. The molecular formula is C45H49N5O4. The number of benzene rings is 4. The molecule has 0 saturated carbocycles. The predicted molar refractivity (Wildman–Crippen MR) is 213 cm³/mol. The van der Waals surface area contributed by atoms with Gasteiger partial charge < -0.3 is 19.8 Å². The molecule has 3 amide bonds. The average Bonchev–Trinajstić information content (AvgIpc) is 3.53. The van der Waals surface area contributed by atoms with Crippen LogP contribution in [-0.4, -0.2) is 84.5 Å². The zero-order valence-corrected chi connectivity index (χ0v) is 30.8. The number of hydrogen-bond donors (Lipinski definition) is 2. The molecule has 9 nitrogen and oxygen atoms in total. The molecule has 3 fully saturated rings. The first-order chi connectivity index (χ1) is 26.4. The van der Waals surface area contributed by atoms with Crippen LogP contribution in [0.2, 0.25) is 0 Å². The summed E-state index contributed by atoms with van der Waals surface area (Å²) in [6.07, 6.45) is 7.18. The van der Waals surface area contributed by atoms with E-state index in [0.717, 1.165) is 69.9 Å². The summed E-state index contributed by atoms with van der Waals surface area (Å²) in [4.78, 5) is 46.4. The lowest BCUT2D eigenvalue weighted by molar-refractivity contribution is -0.136. The van der Waals surface area contributed by atoms with Crippen molar-refractivity contribution in [1.29, 1.82) is 0 Å². The topological polar surface area (TPSA) is 96.4 Å². The van der Waals surface area contributed by atoms with E-state index in [1.54, 1.807) is 17.0 Å². The number of piperidine rings is 2. The number of hydrogen-bond acceptors (Lipinski definition) is 7. The van der Waals surface area contributed by atoms with Gasteiger partial charge in [-0.25, -0.2) is 0 Å². The van der Waals surface area contributed by atoms with Crippen LogP contribution in [-0.2, 0) is 22.6 Å². The van der Waals surface area contributed by atoms with Crippen LogP contribution < -0.4 is 15.1 Å². The number of fused-ring (bicyclic) bond motifs is 1. The van der Waals surface area contributed by atoms with E-state index in [-0.39, 0.29) is 24.1 Å². The second-order valence-corrected chi connectivity index (χ2v) is 15.3. The van der Waals surface area contributed by atoms with Crippen LogP contribution in [0.15, 0.2) is 97.1 Å². The Labute approximate surface area is 317 Å². The summed E-state index contributed by atoms with van der Waals surface area (Å²) in [6.45, 7) is 7.64. The van der Waals surface area contributed by atoms with Crippen molar-refractivity contribution < 1.29 is 19.5 Å². The molecule has 2 N–H and O–H groups in total. The third kappa shape index (κ3) is 8.06. The van der Waals surface area contributed by atoms with Crippen LogP contribution in [0.4, 0.5) is 11.4 Å². The molecule has 9 heteroatoms. The Bertz CT molecular complexity index is 2000. The van der Waals surface area contributed by atoms with Gasteiger partial charge >= 0.3 is 0 Å². The number of phenols is 1. The Kier molecular flexibility index (Phi) is 10.5. The Morgan fingerprint density at radius 2 is 1.46 bits per heavy atom. The highest BCUT2D eigenvalue weighted by Crippen LogP contribution is 2.32. The predicted octanol–water partition coefficient (Wildman–Crippen LogP) is 6.37. The van der Waals surface area contributed by atoms with Crippen molar-refractivity contribution in [1.82, 2.24) is 15.1 Å². The molecule has 4 aliphatic rings.